The molecule has 1 unspecified atom stereocenters. The van der Waals surface area contributed by atoms with Gasteiger partial charge in [-0.15, -0.1) is 0 Å². The van der Waals surface area contributed by atoms with Crippen LogP contribution in [0.3, 0.4) is 0 Å². The second kappa shape index (κ2) is 5.84. The average molecular weight is 251 g/mol. The summed E-state index contributed by atoms with van der Waals surface area (Å²) < 4.78 is 21.9. The van der Waals surface area contributed by atoms with Crippen LogP contribution in [0.1, 0.15) is 30.6 Å². The summed E-state index contributed by atoms with van der Waals surface area (Å²) in [7, 11) is 0. The SMILES string of the molecule is CCCNC(c1cnsn1)c1ccccc1F. The van der Waals surface area contributed by atoms with Crippen LogP contribution in [0.15, 0.2) is 30.5 Å². The van der Waals surface area contributed by atoms with Crippen LogP contribution in [0.5, 0.6) is 0 Å². The Morgan fingerprint density at radius 1 is 1.41 bits per heavy atom. The van der Waals surface area contributed by atoms with E-state index in [9.17, 15) is 4.39 Å². The summed E-state index contributed by atoms with van der Waals surface area (Å²) in [5, 5.41) is 3.29. The molecule has 2 aromatic rings. The van der Waals surface area contributed by atoms with Gasteiger partial charge in [-0.2, -0.15) is 8.75 Å². The van der Waals surface area contributed by atoms with Crippen LogP contribution in [0.25, 0.3) is 0 Å². The Morgan fingerprint density at radius 3 is 2.88 bits per heavy atom. The highest BCUT2D eigenvalue weighted by atomic mass is 32.1. The Bertz CT molecular complexity index is 459. The fourth-order valence-electron chi connectivity index (χ4n) is 1.67. The number of benzene rings is 1. The normalized spacial score (nSPS) is 12.6. The van der Waals surface area contributed by atoms with Crippen molar-refractivity contribution in [3.05, 3.63) is 47.5 Å². The molecule has 0 spiro atoms. The molecule has 0 aliphatic heterocycles. The highest BCUT2D eigenvalue weighted by molar-refractivity contribution is 6.99. The van der Waals surface area contributed by atoms with E-state index >= 15 is 0 Å². The standard InChI is InChI=1S/C12H14FN3S/c1-2-7-14-12(11-8-15-17-16-11)9-5-3-4-6-10(9)13/h3-6,8,12,14H,2,7H2,1H3. The van der Waals surface area contributed by atoms with Gasteiger partial charge < -0.3 is 5.32 Å². The van der Waals surface area contributed by atoms with Gasteiger partial charge in [-0.1, -0.05) is 25.1 Å². The molecule has 0 radical (unpaired) electrons. The van der Waals surface area contributed by atoms with Gasteiger partial charge in [0.25, 0.3) is 0 Å². The molecule has 1 N–H and O–H groups in total. The summed E-state index contributed by atoms with van der Waals surface area (Å²) in [6, 6.07) is 6.56. The van der Waals surface area contributed by atoms with E-state index < -0.39 is 0 Å². The molecular formula is C12H14FN3S. The van der Waals surface area contributed by atoms with Crippen LogP contribution < -0.4 is 5.32 Å². The van der Waals surface area contributed by atoms with Gasteiger partial charge in [0.2, 0.25) is 0 Å². The van der Waals surface area contributed by atoms with E-state index in [0.29, 0.717) is 5.56 Å². The average Bonchev–Trinajstić information content (AvgIpc) is 2.85. The third-order valence-corrected chi connectivity index (χ3v) is 2.98. The topological polar surface area (TPSA) is 37.8 Å². The number of nitrogens with one attached hydrogen (secondary N) is 1. The molecule has 0 aliphatic rings. The summed E-state index contributed by atoms with van der Waals surface area (Å²) in [5.74, 6) is -0.214. The first-order valence-corrected chi connectivity index (χ1v) is 6.31. The molecule has 0 saturated carbocycles. The predicted molar refractivity (Wildman–Crippen MR) is 66.4 cm³/mol. The zero-order chi connectivity index (χ0) is 12.1. The number of nitrogens with zero attached hydrogens (tertiary/aromatic N) is 2. The molecule has 0 aliphatic carbocycles. The monoisotopic (exact) mass is 251 g/mol. The van der Waals surface area contributed by atoms with Gasteiger partial charge in [0.1, 0.15) is 5.82 Å². The molecule has 0 fully saturated rings. The Hall–Kier alpha value is -1.33. The van der Waals surface area contributed by atoms with Crippen LogP contribution in [0.4, 0.5) is 4.39 Å². The zero-order valence-corrected chi connectivity index (χ0v) is 10.4. The van der Waals surface area contributed by atoms with Crippen molar-refractivity contribution in [2.45, 2.75) is 19.4 Å². The van der Waals surface area contributed by atoms with Gasteiger partial charge in [0, 0.05) is 5.56 Å². The van der Waals surface area contributed by atoms with Gasteiger partial charge in [-0.25, -0.2) is 4.39 Å². The molecule has 1 atom stereocenters. The number of halogens is 1. The number of aromatic nitrogens is 2. The van der Waals surface area contributed by atoms with E-state index in [1.165, 1.54) is 6.07 Å². The van der Waals surface area contributed by atoms with Crippen molar-refractivity contribution in [2.24, 2.45) is 0 Å². The second-order valence-electron chi connectivity index (χ2n) is 3.74. The van der Waals surface area contributed by atoms with Gasteiger partial charge in [-0.05, 0) is 19.0 Å². The quantitative estimate of drug-likeness (QED) is 0.888. The Labute approximate surface area is 104 Å². The van der Waals surface area contributed by atoms with Crippen LogP contribution in [-0.2, 0) is 0 Å². The zero-order valence-electron chi connectivity index (χ0n) is 9.56. The minimum Gasteiger partial charge on any atom is -0.305 e. The third kappa shape index (κ3) is 2.87. The summed E-state index contributed by atoms with van der Waals surface area (Å²) >= 11 is 1.14. The van der Waals surface area contributed by atoms with E-state index in [-0.39, 0.29) is 11.9 Å². The Morgan fingerprint density at radius 2 is 2.24 bits per heavy atom. The molecule has 2 rings (SSSR count). The lowest BCUT2D eigenvalue weighted by Gasteiger charge is -2.17. The fraction of sp³-hybridized carbons (Fsp3) is 0.333. The summed E-state index contributed by atoms with van der Waals surface area (Å²) in [5.41, 5.74) is 1.39. The van der Waals surface area contributed by atoms with Gasteiger partial charge in [0.15, 0.2) is 0 Å². The maximum absolute atomic E-state index is 13.8. The maximum atomic E-state index is 13.8. The van der Waals surface area contributed by atoms with Crippen molar-refractivity contribution >= 4 is 11.7 Å². The molecule has 1 aromatic heterocycles. The Kier molecular flexibility index (Phi) is 4.17. The van der Waals surface area contributed by atoms with Crippen LogP contribution in [-0.4, -0.2) is 15.3 Å². The molecular weight excluding hydrogens is 237 g/mol. The lowest BCUT2D eigenvalue weighted by Crippen LogP contribution is -2.24. The van der Waals surface area contributed by atoms with Gasteiger partial charge in [0.05, 0.1) is 29.7 Å². The third-order valence-electron chi connectivity index (χ3n) is 2.49. The van der Waals surface area contributed by atoms with E-state index in [4.69, 9.17) is 0 Å². The maximum Gasteiger partial charge on any atom is 0.128 e. The number of rotatable bonds is 5. The second-order valence-corrected chi connectivity index (χ2v) is 4.30. The van der Waals surface area contributed by atoms with Crippen molar-refractivity contribution in [1.82, 2.24) is 14.1 Å². The molecule has 1 heterocycles. The first-order chi connectivity index (χ1) is 8.33. The van der Waals surface area contributed by atoms with Crippen molar-refractivity contribution < 1.29 is 4.39 Å². The summed E-state index contributed by atoms with van der Waals surface area (Å²) in [6.45, 7) is 2.89. The van der Waals surface area contributed by atoms with E-state index in [2.05, 4.69) is 21.0 Å². The van der Waals surface area contributed by atoms with E-state index in [1.54, 1.807) is 18.3 Å². The van der Waals surface area contributed by atoms with Gasteiger partial charge >= 0.3 is 0 Å². The molecule has 0 amide bonds. The van der Waals surface area contributed by atoms with Gasteiger partial charge in [-0.3, -0.25) is 0 Å². The van der Waals surface area contributed by atoms with Crippen LogP contribution in [0, 0.1) is 5.82 Å². The summed E-state index contributed by atoms with van der Waals surface area (Å²) in [6.07, 6.45) is 2.67. The smallest absolute Gasteiger partial charge is 0.128 e. The minimum absolute atomic E-state index is 0.213. The van der Waals surface area contributed by atoms with Crippen LogP contribution >= 0.6 is 11.7 Å². The van der Waals surface area contributed by atoms with Crippen molar-refractivity contribution in [2.75, 3.05) is 6.54 Å². The van der Waals surface area contributed by atoms with Crippen molar-refractivity contribution in [3.8, 4) is 0 Å². The largest absolute Gasteiger partial charge is 0.305 e. The molecule has 17 heavy (non-hydrogen) atoms. The Balaban J connectivity index is 2.30. The molecule has 0 bridgehead atoms. The molecule has 90 valence electrons. The predicted octanol–water partition coefficient (Wildman–Crippen LogP) is 2.77. The number of hydrogen-bond acceptors (Lipinski definition) is 4. The summed E-state index contributed by atoms with van der Waals surface area (Å²) in [4.78, 5) is 0. The lowest BCUT2D eigenvalue weighted by molar-refractivity contribution is 0.541. The fourth-order valence-corrected chi connectivity index (χ4v) is 2.12. The van der Waals surface area contributed by atoms with E-state index in [1.807, 2.05) is 6.07 Å². The highest BCUT2D eigenvalue weighted by Crippen LogP contribution is 2.23. The number of hydrogen-bond donors (Lipinski definition) is 1. The van der Waals surface area contributed by atoms with Crippen molar-refractivity contribution in [1.29, 1.82) is 0 Å². The first-order valence-electron chi connectivity index (χ1n) is 5.58. The molecule has 3 nitrogen and oxygen atoms in total. The molecule has 1 aromatic carbocycles. The van der Waals surface area contributed by atoms with E-state index in [0.717, 1.165) is 30.4 Å². The lowest BCUT2D eigenvalue weighted by atomic mass is 10.0. The first kappa shape index (κ1) is 12.1. The van der Waals surface area contributed by atoms with Crippen LogP contribution in [0.2, 0.25) is 0 Å². The molecule has 0 saturated heterocycles. The van der Waals surface area contributed by atoms with Crippen molar-refractivity contribution in [3.63, 3.8) is 0 Å². The highest BCUT2D eigenvalue weighted by Gasteiger charge is 2.18. The minimum atomic E-state index is -0.214. The molecule has 5 heteroatoms.